The van der Waals surface area contributed by atoms with Crippen molar-refractivity contribution in [3.8, 4) is 0 Å². The second-order valence-corrected chi connectivity index (χ2v) is 6.43. The number of pyridine rings is 1. The van der Waals surface area contributed by atoms with Gasteiger partial charge in [0, 0.05) is 5.92 Å². The van der Waals surface area contributed by atoms with Gasteiger partial charge in [0.25, 0.3) is 0 Å². The first kappa shape index (κ1) is 15.9. The summed E-state index contributed by atoms with van der Waals surface area (Å²) in [4.78, 5) is 17.0. The normalized spacial score (nSPS) is 23.0. The van der Waals surface area contributed by atoms with Crippen LogP contribution in [-0.2, 0) is 14.9 Å². The minimum atomic E-state index is -0.648. The van der Waals surface area contributed by atoms with Crippen molar-refractivity contribution in [2.24, 2.45) is 5.92 Å². The maximum absolute atomic E-state index is 12.5. The first-order chi connectivity index (χ1) is 11.2. The molecule has 0 aliphatic heterocycles. The summed E-state index contributed by atoms with van der Waals surface area (Å²) in [5.74, 6) is -0.0723. The van der Waals surface area contributed by atoms with Crippen LogP contribution in [0.3, 0.4) is 0 Å². The average molecular weight is 372 g/mol. The fourth-order valence-corrected chi connectivity index (χ4v) is 3.21. The molecule has 0 spiro atoms. The molecule has 1 fully saturated rings. The molecule has 0 radical (unpaired) electrons. The van der Waals surface area contributed by atoms with E-state index in [0.717, 1.165) is 22.3 Å². The smallest absolute Gasteiger partial charge is 0.318 e. The summed E-state index contributed by atoms with van der Waals surface area (Å²) in [5.41, 5.74) is 1.25. The van der Waals surface area contributed by atoms with Gasteiger partial charge in [0.05, 0.1) is 12.3 Å². The van der Waals surface area contributed by atoms with Crippen molar-refractivity contribution >= 4 is 28.0 Å². The van der Waals surface area contributed by atoms with E-state index in [1.165, 1.54) is 0 Å². The highest BCUT2D eigenvalue weighted by Gasteiger charge is 2.62. The molecule has 0 bridgehead atoms. The molecule has 1 saturated carbocycles. The summed E-state index contributed by atoms with van der Waals surface area (Å²) in [7, 11) is 0. The number of esters is 1. The van der Waals surface area contributed by atoms with Crippen LogP contribution in [0.25, 0.3) is 6.08 Å². The van der Waals surface area contributed by atoms with Crippen molar-refractivity contribution in [1.29, 1.82) is 0 Å². The molecule has 4 heteroatoms. The fraction of sp³-hybridized carbons (Fsp3) is 0.263. The largest absolute Gasteiger partial charge is 0.465 e. The van der Waals surface area contributed by atoms with Gasteiger partial charge in [0.2, 0.25) is 0 Å². The van der Waals surface area contributed by atoms with Crippen LogP contribution in [0, 0.1) is 5.92 Å². The van der Waals surface area contributed by atoms with E-state index in [1.807, 2.05) is 55.5 Å². The number of nitrogens with zero attached hydrogens (tertiary/aromatic N) is 1. The molecule has 0 amide bonds. The molecule has 1 heterocycles. The minimum Gasteiger partial charge on any atom is -0.465 e. The Morgan fingerprint density at radius 2 is 2.09 bits per heavy atom. The number of allylic oxidation sites excluding steroid dienone is 1. The number of carbonyl (C=O) groups excluding carboxylic acids is 1. The molecule has 1 aromatic heterocycles. The maximum Gasteiger partial charge on any atom is 0.318 e. The zero-order valence-electron chi connectivity index (χ0n) is 12.9. The van der Waals surface area contributed by atoms with Crippen LogP contribution < -0.4 is 0 Å². The molecular weight excluding hydrogens is 354 g/mol. The van der Waals surface area contributed by atoms with E-state index in [0.29, 0.717) is 6.61 Å². The number of ether oxygens (including phenoxy) is 1. The zero-order valence-corrected chi connectivity index (χ0v) is 14.5. The van der Waals surface area contributed by atoms with Crippen LogP contribution >= 0.6 is 15.9 Å². The Morgan fingerprint density at radius 1 is 1.30 bits per heavy atom. The highest BCUT2D eigenvalue weighted by Crippen LogP contribution is 2.55. The van der Waals surface area contributed by atoms with Gasteiger partial charge in [0.15, 0.2) is 0 Å². The van der Waals surface area contributed by atoms with Gasteiger partial charge in [-0.3, -0.25) is 4.79 Å². The van der Waals surface area contributed by atoms with Gasteiger partial charge in [0.1, 0.15) is 10.0 Å². The highest BCUT2D eigenvalue weighted by molar-refractivity contribution is 9.10. The molecule has 1 aliphatic carbocycles. The summed E-state index contributed by atoms with van der Waals surface area (Å²) < 4.78 is 6.05. The third-order valence-corrected chi connectivity index (χ3v) is 4.59. The Morgan fingerprint density at radius 3 is 2.78 bits per heavy atom. The highest BCUT2D eigenvalue weighted by atomic mass is 79.9. The number of aromatic nitrogens is 1. The maximum atomic E-state index is 12.5. The molecule has 3 rings (SSSR count). The average Bonchev–Trinajstić information content (AvgIpc) is 3.30. The summed E-state index contributed by atoms with van der Waals surface area (Å²) in [6.45, 7) is 2.21. The van der Waals surface area contributed by atoms with Crippen molar-refractivity contribution in [1.82, 2.24) is 4.98 Å². The predicted molar refractivity (Wildman–Crippen MR) is 93.8 cm³/mol. The molecule has 1 aromatic carbocycles. The molecule has 2 unspecified atom stereocenters. The molecule has 2 aromatic rings. The van der Waals surface area contributed by atoms with Crippen LogP contribution in [0.15, 0.2) is 59.2 Å². The Labute approximate surface area is 144 Å². The number of benzene rings is 1. The standard InChI is InChI=1S/C19H18BrNO2/c1-2-23-18(22)19(16-9-6-10-17(20)21-16)13-15(19)12-11-14-7-4-3-5-8-14/h3-12,15H,2,13H2,1H3/b12-11+. The SMILES string of the molecule is CCOC(=O)C1(c2cccc(Br)n2)CC1/C=C/c1ccccc1. The van der Waals surface area contributed by atoms with Gasteiger partial charge in [-0.05, 0) is 47.0 Å². The van der Waals surface area contributed by atoms with Crippen molar-refractivity contribution in [3.63, 3.8) is 0 Å². The number of halogens is 1. The van der Waals surface area contributed by atoms with E-state index in [-0.39, 0.29) is 11.9 Å². The Hall–Kier alpha value is -1.94. The molecule has 23 heavy (non-hydrogen) atoms. The summed E-state index contributed by atoms with van der Waals surface area (Å²) in [5, 5.41) is 0. The molecule has 0 N–H and O–H groups in total. The lowest BCUT2D eigenvalue weighted by molar-refractivity contribution is -0.146. The third-order valence-electron chi connectivity index (χ3n) is 4.15. The van der Waals surface area contributed by atoms with E-state index in [9.17, 15) is 4.79 Å². The van der Waals surface area contributed by atoms with Crippen molar-refractivity contribution in [2.45, 2.75) is 18.8 Å². The molecule has 118 valence electrons. The van der Waals surface area contributed by atoms with Crippen molar-refractivity contribution in [3.05, 3.63) is 70.5 Å². The van der Waals surface area contributed by atoms with Crippen molar-refractivity contribution in [2.75, 3.05) is 6.61 Å². The number of rotatable bonds is 5. The second-order valence-electron chi connectivity index (χ2n) is 5.62. The van der Waals surface area contributed by atoms with Gasteiger partial charge >= 0.3 is 5.97 Å². The number of hydrogen-bond acceptors (Lipinski definition) is 3. The van der Waals surface area contributed by atoms with E-state index < -0.39 is 5.41 Å². The minimum absolute atomic E-state index is 0.114. The quantitative estimate of drug-likeness (QED) is 0.578. The lowest BCUT2D eigenvalue weighted by Gasteiger charge is -2.15. The summed E-state index contributed by atoms with van der Waals surface area (Å²) in [6.07, 6.45) is 4.89. The Balaban J connectivity index is 1.88. The summed E-state index contributed by atoms with van der Waals surface area (Å²) in [6, 6.07) is 15.7. The molecule has 3 nitrogen and oxygen atoms in total. The monoisotopic (exact) mass is 371 g/mol. The molecular formula is C19H18BrNO2. The Bertz CT molecular complexity index is 729. The Kier molecular flexibility index (Phi) is 4.62. The van der Waals surface area contributed by atoms with Crippen LogP contribution in [-0.4, -0.2) is 17.6 Å². The first-order valence-electron chi connectivity index (χ1n) is 7.70. The third kappa shape index (κ3) is 3.22. The van der Waals surface area contributed by atoms with Gasteiger partial charge in [-0.2, -0.15) is 0 Å². The van der Waals surface area contributed by atoms with E-state index >= 15 is 0 Å². The van der Waals surface area contributed by atoms with Gasteiger partial charge in [-0.1, -0.05) is 48.6 Å². The zero-order chi connectivity index (χ0) is 16.3. The van der Waals surface area contributed by atoms with Crippen LogP contribution in [0.5, 0.6) is 0 Å². The van der Waals surface area contributed by atoms with Gasteiger partial charge < -0.3 is 4.74 Å². The van der Waals surface area contributed by atoms with E-state index in [4.69, 9.17) is 4.74 Å². The first-order valence-corrected chi connectivity index (χ1v) is 8.49. The fourth-order valence-electron chi connectivity index (χ4n) is 2.86. The topological polar surface area (TPSA) is 39.2 Å². The second kappa shape index (κ2) is 6.67. The van der Waals surface area contributed by atoms with E-state index in [2.05, 4.69) is 33.1 Å². The van der Waals surface area contributed by atoms with Crippen LogP contribution in [0.1, 0.15) is 24.6 Å². The summed E-state index contributed by atoms with van der Waals surface area (Å²) >= 11 is 3.38. The van der Waals surface area contributed by atoms with Gasteiger partial charge in [-0.25, -0.2) is 4.98 Å². The molecule has 1 aliphatic rings. The van der Waals surface area contributed by atoms with Crippen LogP contribution in [0.2, 0.25) is 0 Å². The lowest BCUT2D eigenvalue weighted by Crippen LogP contribution is -2.26. The van der Waals surface area contributed by atoms with Crippen molar-refractivity contribution < 1.29 is 9.53 Å². The molecule has 0 saturated heterocycles. The lowest BCUT2D eigenvalue weighted by atomic mass is 9.98. The van der Waals surface area contributed by atoms with Crippen LogP contribution in [0.4, 0.5) is 0 Å². The molecule has 2 atom stereocenters. The van der Waals surface area contributed by atoms with Gasteiger partial charge in [-0.15, -0.1) is 0 Å². The number of carbonyl (C=O) groups is 1. The predicted octanol–water partition coefficient (Wildman–Crippen LogP) is 4.38. The van der Waals surface area contributed by atoms with E-state index in [1.54, 1.807) is 0 Å². The number of hydrogen-bond donors (Lipinski definition) is 0.